The summed E-state index contributed by atoms with van der Waals surface area (Å²) in [5.41, 5.74) is 2.81. The molecular formula is C31H44N6O3. The minimum Gasteiger partial charge on any atom is -0.496 e. The number of imidazole rings is 1. The van der Waals surface area contributed by atoms with Crippen LogP contribution in [-0.4, -0.2) is 63.1 Å². The van der Waals surface area contributed by atoms with Gasteiger partial charge in [0.1, 0.15) is 17.4 Å². The highest BCUT2D eigenvalue weighted by molar-refractivity contribution is 5.87. The number of rotatable bonds is 13. The Morgan fingerprint density at radius 2 is 2.00 bits per heavy atom. The van der Waals surface area contributed by atoms with Gasteiger partial charge in [0.05, 0.1) is 30.6 Å². The minimum atomic E-state index is -0.204. The molecule has 1 amide bonds. The fourth-order valence-electron chi connectivity index (χ4n) is 6.37. The van der Waals surface area contributed by atoms with Crippen LogP contribution in [-0.2, 0) is 16.6 Å². The van der Waals surface area contributed by atoms with Crippen LogP contribution in [0.25, 0.3) is 22.2 Å². The number of methoxy groups -OCH3 is 1. The van der Waals surface area contributed by atoms with Crippen LogP contribution in [0.5, 0.6) is 5.75 Å². The molecule has 1 aliphatic carbocycles. The number of Topliss-reactive ketones (excluding diaryl/α,β-unsaturated/α-hetero) is 1. The van der Waals surface area contributed by atoms with Gasteiger partial charge < -0.3 is 19.9 Å². The maximum Gasteiger partial charge on any atom is 0.224 e. The van der Waals surface area contributed by atoms with Gasteiger partial charge in [-0.05, 0) is 63.2 Å². The van der Waals surface area contributed by atoms with Crippen molar-refractivity contribution in [2.24, 2.45) is 18.4 Å². The second-order valence-electron chi connectivity index (χ2n) is 11.7. The molecule has 1 aliphatic heterocycles. The molecule has 3 heterocycles. The van der Waals surface area contributed by atoms with Crippen LogP contribution in [0.15, 0.2) is 24.5 Å². The first-order chi connectivity index (χ1) is 19.4. The van der Waals surface area contributed by atoms with E-state index in [1.54, 1.807) is 11.8 Å². The van der Waals surface area contributed by atoms with E-state index < -0.39 is 0 Å². The number of benzene rings is 1. The number of nitrogens with zero attached hydrogens (tertiary/aromatic N) is 4. The number of carbonyl (C=O) groups excluding carboxylic acids is 2. The van der Waals surface area contributed by atoms with Gasteiger partial charge >= 0.3 is 0 Å². The first-order valence-corrected chi connectivity index (χ1v) is 15.0. The summed E-state index contributed by atoms with van der Waals surface area (Å²) in [6, 6.07) is 3.80. The van der Waals surface area contributed by atoms with Crippen molar-refractivity contribution in [3.8, 4) is 17.0 Å². The average molecular weight is 549 g/mol. The average Bonchev–Trinajstić information content (AvgIpc) is 3.26. The maximum absolute atomic E-state index is 13.5. The summed E-state index contributed by atoms with van der Waals surface area (Å²) < 4.78 is 7.49. The van der Waals surface area contributed by atoms with Crippen LogP contribution in [0.4, 0.5) is 0 Å². The predicted molar refractivity (Wildman–Crippen MR) is 156 cm³/mol. The van der Waals surface area contributed by atoms with Gasteiger partial charge in [-0.25, -0.2) is 4.98 Å². The number of fused-ring (bicyclic) bond motifs is 1. The molecule has 2 fully saturated rings. The topological polar surface area (TPSA) is 105 Å². The van der Waals surface area contributed by atoms with Crippen molar-refractivity contribution in [1.29, 1.82) is 0 Å². The molecule has 0 radical (unpaired) electrons. The third-order valence-corrected chi connectivity index (χ3v) is 9.12. The third kappa shape index (κ3) is 6.09. The number of ketones is 1. The Bertz CT molecular complexity index is 1340. The highest BCUT2D eigenvalue weighted by atomic mass is 16.5. The van der Waals surface area contributed by atoms with Gasteiger partial charge in [-0.1, -0.05) is 26.7 Å². The number of nitrogens with one attached hydrogen (secondary N) is 2. The van der Waals surface area contributed by atoms with Crippen LogP contribution >= 0.6 is 0 Å². The lowest BCUT2D eigenvalue weighted by molar-refractivity contribution is -0.124. The number of unbranched alkanes of at least 4 members (excludes halogenated alkanes) is 2. The fraction of sp³-hybridized carbons (Fsp3) is 0.613. The molecule has 1 aromatic carbocycles. The van der Waals surface area contributed by atoms with Crippen molar-refractivity contribution in [3.63, 3.8) is 0 Å². The molecule has 1 saturated heterocycles. The first-order valence-electron chi connectivity index (χ1n) is 15.0. The van der Waals surface area contributed by atoms with E-state index in [2.05, 4.69) is 33.3 Å². The molecule has 0 bridgehead atoms. The normalized spacial score (nSPS) is 19.1. The molecule has 216 valence electrons. The zero-order chi connectivity index (χ0) is 28.3. The highest BCUT2D eigenvalue weighted by Gasteiger charge is 2.58. The SMILES string of the molecule is CCC(=O)CCCCC[C@H](NC(=O)[C@H]1CC12CCN(CC)CC2)c1ncc(-c2cc3cn(C)nc3cc2OC)[nH]1. The smallest absolute Gasteiger partial charge is 0.224 e. The highest BCUT2D eigenvalue weighted by Crippen LogP contribution is 2.59. The molecule has 3 aromatic rings. The van der Waals surface area contributed by atoms with Gasteiger partial charge in [0.15, 0.2) is 0 Å². The van der Waals surface area contributed by atoms with E-state index in [4.69, 9.17) is 9.72 Å². The van der Waals surface area contributed by atoms with Crippen LogP contribution < -0.4 is 10.1 Å². The molecule has 9 nitrogen and oxygen atoms in total. The summed E-state index contributed by atoms with van der Waals surface area (Å²) in [6.45, 7) is 7.38. The first kappa shape index (κ1) is 28.3. The van der Waals surface area contributed by atoms with Crippen LogP contribution in [0.3, 0.4) is 0 Å². The summed E-state index contributed by atoms with van der Waals surface area (Å²) >= 11 is 0. The number of H-pyrrole nitrogens is 1. The number of amides is 1. The standard InChI is InChI=1S/C31H44N6O3/c1-5-22(38)10-8-7-9-11-25(34-30(39)24-18-31(24)12-14-37(6-2)15-13-31)29-32-19-27(33-29)23-16-21-20-36(3)35-26(21)17-28(23)40-4/h16-17,19-20,24-25H,5-15,18H2,1-4H3,(H,32,33)(H,34,39)/t24-,25+/m1/s1. The van der Waals surface area contributed by atoms with Gasteiger partial charge in [-0.2, -0.15) is 5.10 Å². The summed E-state index contributed by atoms with van der Waals surface area (Å²) in [5, 5.41) is 8.89. The third-order valence-electron chi connectivity index (χ3n) is 9.12. The van der Waals surface area contributed by atoms with Crippen molar-refractivity contribution in [2.75, 3.05) is 26.7 Å². The van der Waals surface area contributed by atoms with E-state index in [1.807, 2.05) is 32.4 Å². The quantitative estimate of drug-likeness (QED) is 0.285. The van der Waals surface area contributed by atoms with Crippen molar-refractivity contribution in [2.45, 2.75) is 77.7 Å². The summed E-state index contributed by atoms with van der Waals surface area (Å²) in [5.74, 6) is 2.05. The van der Waals surface area contributed by atoms with Crippen molar-refractivity contribution < 1.29 is 14.3 Å². The van der Waals surface area contributed by atoms with E-state index in [1.165, 1.54) is 0 Å². The van der Waals surface area contributed by atoms with Crippen molar-refractivity contribution >= 4 is 22.6 Å². The van der Waals surface area contributed by atoms with Gasteiger partial charge in [0.25, 0.3) is 0 Å². The van der Waals surface area contributed by atoms with E-state index in [0.29, 0.717) is 18.6 Å². The van der Waals surface area contributed by atoms with Gasteiger partial charge in [0.2, 0.25) is 5.91 Å². The molecule has 2 aromatic heterocycles. The number of aromatic amines is 1. The Morgan fingerprint density at radius 1 is 1.20 bits per heavy atom. The second kappa shape index (κ2) is 12.1. The summed E-state index contributed by atoms with van der Waals surface area (Å²) in [7, 11) is 3.57. The van der Waals surface area contributed by atoms with E-state index in [0.717, 1.165) is 98.3 Å². The fourth-order valence-corrected chi connectivity index (χ4v) is 6.37. The zero-order valence-electron chi connectivity index (χ0n) is 24.5. The van der Waals surface area contributed by atoms with Crippen molar-refractivity contribution in [1.82, 2.24) is 30.0 Å². The van der Waals surface area contributed by atoms with Gasteiger partial charge in [0, 0.05) is 49.0 Å². The Labute approximate surface area is 237 Å². The lowest BCUT2D eigenvalue weighted by Crippen LogP contribution is -2.37. The maximum atomic E-state index is 13.5. The predicted octanol–water partition coefficient (Wildman–Crippen LogP) is 5.18. The summed E-state index contributed by atoms with van der Waals surface area (Å²) in [4.78, 5) is 36.0. The molecule has 40 heavy (non-hydrogen) atoms. The number of ether oxygens (including phenoxy) is 1. The number of piperidine rings is 1. The molecule has 9 heteroatoms. The van der Waals surface area contributed by atoms with Crippen LogP contribution in [0.1, 0.15) is 83.5 Å². The zero-order valence-corrected chi connectivity index (χ0v) is 24.5. The number of carbonyl (C=O) groups is 2. The molecule has 1 spiro atoms. The lowest BCUT2D eigenvalue weighted by Gasteiger charge is -2.32. The Balaban J connectivity index is 1.31. The monoisotopic (exact) mass is 548 g/mol. The van der Waals surface area contributed by atoms with E-state index in [9.17, 15) is 9.59 Å². The number of likely N-dealkylation sites (tertiary alicyclic amines) is 1. The number of hydrogen-bond donors (Lipinski definition) is 2. The Morgan fingerprint density at radius 3 is 2.73 bits per heavy atom. The summed E-state index contributed by atoms with van der Waals surface area (Å²) in [6.07, 6.45) is 11.8. The van der Waals surface area contributed by atoms with Gasteiger partial charge in [-0.15, -0.1) is 0 Å². The molecular weight excluding hydrogens is 504 g/mol. The number of aryl methyl sites for hydroxylation is 1. The molecule has 2 N–H and O–H groups in total. The van der Waals surface area contributed by atoms with Crippen LogP contribution in [0, 0.1) is 11.3 Å². The number of aromatic nitrogens is 4. The lowest BCUT2D eigenvalue weighted by atomic mass is 9.90. The number of hydrogen-bond acceptors (Lipinski definition) is 6. The second-order valence-corrected chi connectivity index (χ2v) is 11.7. The minimum absolute atomic E-state index is 0.0960. The molecule has 5 rings (SSSR count). The Hall–Kier alpha value is -3.20. The van der Waals surface area contributed by atoms with E-state index in [-0.39, 0.29) is 23.3 Å². The Kier molecular flexibility index (Phi) is 8.59. The van der Waals surface area contributed by atoms with Crippen molar-refractivity contribution in [3.05, 3.63) is 30.4 Å². The van der Waals surface area contributed by atoms with Gasteiger partial charge in [-0.3, -0.25) is 14.3 Å². The van der Waals surface area contributed by atoms with E-state index >= 15 is 0 Å². The van der Waals surface area contributed by atoms with Crippen LogP contribution in [0.2, 0.25) is 0 Å². The molecule has 2 aliphatic rings. The molecule has 1 saturated carbocycles. The molecule has 0 unspecified atom stereocenters. The largest absolute Gasteiger partial charge is 0.496 e. The molecule has 2 atom stereocenters.